The number of nitrogens with one attached hydrogen (secondary N) is 2. The van der Waals surface area contributed by atoms with Crippen LogP contribution in [0.1, 0.15) is 135 Å². The number of hydrogen-bond donors (Lipinski definition) is 3. The van der Waals surface area contributed by atoms with E-state index in [4.69, 9.17) is 15.2 Å². The number of benzene rings is 1. The average Bonchev–Trinajstić information content (AvgIpc) is 3.52. The highest BCUT2D eigenvalue weighted by Gasteiger charge is 2.46. The van der Waals surface area contributed by atoms with Gasteiger partial charge in [0, 0.05) is 38.1 Å². The lowest BCUT2D eigenvalue weighted by atomic mass is 9.83. The molecule has 1 saturated carbocycles. The summed E-state index contributed by atoms with van der Waals surface area (Å²) in [5.41, 5.74) is 7.32. The molecule has 13 heteroatoms. The second-order valence-electron chi connectivity index (χ2n) is 16.9. The maximum absolute atomic E-state index is 14.4. The van der Waals surface area contributed by atoms with Gasteiger partial charge < -0.3 is 30.7 Å². The Kier molecular flexibility index (Phi) is 17.0. The van der Waals surface area contributed by atoms with Crippen molar-refractivity contribution in [1.29, 1.82) is 0 Å². The fraction of sp³-hybridized carbons (Fsp3) is 0.690. The van der Waals surface area contributed by atoms with Crippen molar-refractivity contribution in [2.24, 2.45) is 23.5 Å². The molecule has 4 amide bonds. The normalized spacial score (nSPS) is 19.3. The van der Waals surface area contributed by atoms with Crippen LogP contribution >= 0.6 is 0 Å². The van der Waals surface area contributed by atoms with Crippen LogP contribution in [0.25, 0.3) is 0 Å². The minimum Gasteiger partial charge on any atom is -0.449 e. The summed E-state index contributed by atoms with van der Waals surface area (Å²) in [7, 11) is 0. The van der Waals surface area contributed by atoms with Crippen molar-refractivity contribution in [3.63, 3.8) is 0 Å². The summed E-state index contributed by atoms with van der Waals surface area (Å²) in [6.07, 6.45) is 3.19. The van der Waals surface area contributed by atoms with Gasteiger partial charge in [-0.3, -0.25) is 28.8 Å². The number of hydrogen-bond acceptors (Lipinski definition) is 9. The van der Waals surface area contributed by atoms with E-state index in [1.54, 1.807) is 12.1 Å². The predicted molar refractivity (Wildman–Crippen MR) is 208 cm³/mol. The van der Waals surface area contributed by atoms with Crippen LogP contribution in [-0.2, 0) is 38.2 Å². The summed E-state index contributed by atoms with van der Waals surface area (Å²) < 4.78 is 11.7. The maximum Gasteiger partial charge on any atom is 0.407 e. The van der Waals surface area contributed by atoms with Gasteiger partial charge in [-0.1, -0.05) is 75.8 Å². The molecule has 306 valence electrons. The SMILES string of the molecule is CCCC(CC(=O)[C@@H]1C[C@@H](OC(C)(C)C)CN1C(=O)[C@@H](NC(=O)OCC(C)C)C1CCCCC1)C(=O)C(=O)CCC(=O)NC(C(N)=O)c1cc(C)cc(C)c1. The molecular formula is C42H64N4O9. The number of nitrogens with zero attached hydrogens (tertiary/aromatic N) is 1. The number of Topliss-reactive ketones (excluding diaryl/α,β-unsaturated/α-hetero) is 3. The number of carbonyl (C=O) groups excluding carboxylic acids is 7. The van der Waals surface area contributed by atoms with Crippen LogP contribution in [0, 0.1) is 31.6 Å². The number of ether oxygens (including phenoxy) is 2. The Morgan fingerprint density at radius 3 is 2.13 bits per heavy atom. The van der Waals surface area contributed by atoms with Gasteiger partial charge in [0.1, 0.15) is 12.1 Å². The van der Waals surface area contributed by atoms with Gasteiger partial charge in [-0.05, 0) is 71.3 Å². The number of primary amides is 1. The van der Waals surface area contributed by atoms with Crippen molar-refractivity contribution in [3.8, 4) is 0 Å². The average molecular weight is 769 g/mol. The molecule has 1 aromatic rings. The van der Waals surface area contributed by atoms with Gasteiger partial charge >= 0.3 is 6.09 Å². The standard InChI is InChI=1S/C42H64N4O9/c1-9-13-29(38(50)33(47)16-17-35(49)44-36(39(43)51)30-19-26(4)18-27(5)20-30)21-34(48)32-22-31(55-42(6,7)8)23-46(32)40(52)37(28-14-11-10-12-15-28)45-41(53)54-24-25(2)3/h18-20,25,28-29,31-32,36-37H,9-17,21-24H2,1-8H3,(H2,43,51)(H,44,49)(H,45,53)/t29?,31-,32+,36?,37+/m1/s1. The van der Waals surface area contributed by atoms with E-state index in [2.05, 4.69) is 10.6 Å². The Morgan fingerprint density at radius 2 is 1.56 bits per heavy atom. The highest BCUT2D eigenvalue weighted by atomic mass is 16.5. The Hall–Kier alpha value is -4.13. The van der Waals surface area contributed by atoms with E-state index in [-0.39, 0.29) is 62.4 Å². The molecule has 3 rings (SSSR count). The van der Waals surface area contributed by atoms with Crippen LogP contribution in [0.2, 0.25) is 0 Å². The molecule has 2 fully saturated rings. The van der Waals surface area contributed by atoms with E-state index < -0.39 is 71.6 Å². The molecule has 0 bridgehead atoms. The summed E-state index contributed by atoms with van der Waals surface area (Å²) in [5, 5.41) is 5.41. The number of carbonyl (C=O) groups is 7. The molecule has 1 aliphatic heterocycles. The predicted octanol–water partition coefficient (Wildman–Crippen LogP) is 5.36. The Labute approximate surface area is 326 Å². The summed E-state index contributed by atoms with van der Waals surface area (Å²) >= 11 is 0. The van der Waals surface area contributed by atoms with Crippen molar-refractivity contribution in [2.75, 3.05) is 13.2 Å². The first-order valence-electron chi connectivity index (χ1n) is 20.0. The van der Waals surface area contributed by atoms with Gasteiger partial charge in [0.15, 0.2) is 11.6 Å². The Bertz CT molecular complexity index is 1530. The van der Waals surface area contributed by atoms with Gasteiger partial charge in [0.25, 0.3) is 0 Å². The molecule has 2 unspecified atom stereocenters. The highest BCUT2D eigenvalue weighted by Crippen LogP contribution is 2.32. The van der Waals surface area contributed by atoms with Crippen LogP contribution in [0.15, 0.2) is 18.2 Å². The third-order valence-corrected chi connectivity index (χ3v) is 10.1. The molecule has 1 saturated heterocycles. The third-order valence-electron chi connectivity index (χ3n) is 10.1. The topological polar surface area (TPSA) is 191 Å². The van der Waals surface area contributed by atoms with Crippen LogP contribution in [0.5, 0.6) is 0 Å². The second-order valence-corrected chi connectivity index (χ2v) is 16.9. The van der Waals surface area contributed by atoms with E-state index in [0.29, 0.717) is 12.0 Å². The molecule has 1 aromatic carbocycles. The van der Waals surface area contributed by atoms with Crippen LogP contribution in [0.4, 0.5) is 4.79 Å². The molecule has 55 heavy (non-hydrogen) atoms. The van der Waals surface area contributed by atoms with Crippen molar-refractivity contribution in [1.82, 2.24) is 15.5 Å². The monoisotopic (exact) mass is 768 g/mol. The molecule has 2 aliphatic rings. The van der Waals surface area contributed by atoms with Crippen molar-refractivity contribution in [2.45, 2.75) is 156 Å². The molecular weight excluding hydrogens is 704 g/mol. The van der Waals surface area contributed by atoms with Gasteiger partial charge in [-0.25, -0.2) is 4.79 Å². The van der Waals surface area contributed by atoms with Gasteiger partial charge in [-0.2, -0.15) is 0 Å². The van der Waals surface area contributed by atoms with Gasteiger partial charge in [0.05, 0.1) is 24.4 Å². The summed E-state index contributed by atoms with van der Waals surface area (Å²) in [5.74, 6) is -4.65. The summed E-state index contributed by atoms with van der Waals surface area (Å²) in [6.45, 7) is 15.4. The molecule has 13 nitrogen and oxygen atoms in total. The first kappa shape index (κ1) is 45.3. The third kappa shape index (κ3) is 14.1. The fourth-order valence-corrected chi connectivity index (χ4v) is 7.73. The Balaban J connectivity index is 1.76. The molecule has 1 aliphatic carbocycles. The summed E-state index contributed by atoms with van der Waals surface area (Å²) in [4.78, 5) is 94.9. The zero-order valence-corrected chi connectivity index (χ0v) is 34.2. The largest absolute Gasteiger partial charge is 0.449 e. The molecule has 4 N–H and O–H groups in total. The zero-order valence-electron chi connectivity index (χ0n) is 34.2. The number of nitrogens with two attached hydrogens (primary N) is 1. The van der Waals surface area contributed by atoms with E-state index in [1.165, 1.54) is 4.90 Å². The van der Waals surface area contributed by atoms with Crippen LogP contribution in [0.3, 0.4) is 0 Å². The van der Waals surface area contributed by atoms with E-state index in [1.807, 2.05) is 61.5 Å². The Morgan fingerprint density at radius 1 is 0.927 bits per heavy atom. The smallest absolute Gasteiger partial charge is 0.407 e. The fourth-order valence-electron chi connectivity index (χ4n) is 7.73. The van der Waals surface area contributed by atoms with E-state index in [0.717, 1.165) is 43.2 Å². The van der Waals surface area contributed by atoms with Crippen LogP contribution in [-0.4, -0.2) is 83.0 Å². The number of aryl methyl sites for hydroxylation is 2. The zero-order chi connectivity index (χ0) is 41.0. The lowest BCUT2D eigenvalue weighted by Gasteiger charge is -2.34. The van der Waals surface area contributed by atoms with Crippen LogP contribution < -0.4 is 16.4 Å². The molecule has 5 atom stereocenters. The quantitative estimate of drug-likeness (QED) is 0.156. The first-order chi connectivity index (χ1) is 25.8. The van der Waals surface area contributed by atoms with Gasteiger partial charge in [0.2, 0.25) is 23.5 Å². The van der Waals surface area contributed by atoms with Crippen molar-refractivity contribution < 1.29 is 43.0 Å². The van der Waals surface area contributed by atoms with Gasteiger partial charge in [-0.15, -0.1) is 0 Å². The number of alkyl carbamates (subject to hydrolysis) is 1. The number of likely N-dealkylation sites (tertiary alicyclic amines) is 1. The lowest BCUT2D eigenvalue weighted by molar-refractivity contribution is -0.143. The number of rotatable bonds is 19. The molecule has 0 spiro atoms. The van der Waals surface area contributed by atoms with E-state index in [9.17, 15) is 33.6 Å². The van der Waals surface area contributed by atoms with E-state index >= 15 is 0 Å². The lowest BCUT2D eigenvalue weighted by Crippen LogP contribution is -2.55. The molecule has 0 aromatic heterocycles. The second kappa shape index (κ2) is 20.7. The molecule has 1 heterocycles. The minimum absolute atomic E-state index is 0.107. The first-order valence-corrected chi connectivity index (χ1v) is 20.0. The minimum atomic E-state index is -1.11. The maximum atomic E-state index is 14.4. The number of ketones is 3. The number of amides is 4. The van der Waals surface area contributed by atoms with Crippen molar-refractivity contribution in [3.05, 3.63) is 34.9 Å². The summed E-state index contributed by atoms with van der Waals surface area (Å²) in [6, 6.07) is 2.48. The molecule has 0 radical (unpaired) electrons. The highest BCUT2D eigenvalue weighted by molar-refractivity contribution is 6.38. The van der Waals surface area contributed by atoms with Crippen molar-refractivity contribution >= 4 is 41.2 Å².